The molecule has 0 aliphatic rings. The summed E-state index contributed by atoms with van der Waals surface area (Å²) < 4.78 is 6.00. The second-order valence-electron chi connectivity index (χ2n) is 13.7. The Hall–Kier alpha value is -0.530. The van der Waals surface area contributed by atoms with Crippen molar-refractivity contribution in [3.8, 4) is 0 Å². The minimum Gasteiger partial charge on any atom is -0.462 e. The molecule has 0 heterocycles. The summed E-state index contributed by atoms with van der Waals surface area (Å²) in [6.45, 7) is 6.85. The van der Waals surface area contributed by atoms with E-state index >= 15 is 0 Å². The van der Waals surface area contributed by atoms with Crippen LogP contribution in [0.1, 0.15) is 245 Å². The van der Waals surface area contributed by atoms with E-state index in [0.29, 0.717) is 6.42 Å². The highest BCUT2D eigenvalue weighted by Gasteiger charge is 2.14. The van der Waals surface area contributed by atoms with Crippen LogP contribution in [0.15, 0.2) is 0 Å². The third-order valence-electron chi connectivity index (χ3n) is 9.29. The molecule has 0 bridgehead atoms. The molecular weight excluding hydrogens is 512 g/mol. The Bertz CT molecular complexity index is 502. The van der Waals surface area contributed by atoms with Gasteiger partial charge in [0.2, 0.25) is 0 Å². The Morgan fingerprint density at radius 3 is 0.905 bits per heavy atom. The average molecular weight is 593 g/mol. The van der Waals surface area contributed by atoms with Gasteiger partial charge in [-0.1, -0.05) is 207 Å². The van der Waals surface area contributed by atoms with Crippen LogP contribution in [0.4, 0.5) is 0 Å². The van der Waals surface area contributed by atoms with Gasteiger partial charge >= 0.3 is 5.97 Å². The lowest BCUT2D eigenvalue weighted by atomic mass is 10.0. The summed E-state index contributed by atoms with van der Waals surface area (Å²) in [5.74, 6) is 0.0680. The van der Waals surface area contributed by atoms with Crippen molar-refractivity contribution in [3.63, 3.8) is 0 Å². The van der Waals surface area contributed by atoms with E-state index in [-0.39, 0.29) is 12.1 Å². The normalized spacial score (nSPS) is 12.2. The maximum absolute atomic E-state index is 12.6. The fourth-order valence-corrected chi connectivity index (χ4v) is 6.34. The molecule has 0 saturated carbocycles. The van der Waals surface area contributed by atoms with E-state index in [1.807, 2.05) is 0 Å². The summed E-state index contributed by atoms with van der Waals surface area (Å²) in [4.78, 5) is 12.6. The van der Waals surface area contributed by atoms with Crippen LogP contribution in [0.2, 0.25) is 0 Å². The Balaban J connectivity index is 3.65. The van der Waals surface area contributed by atoms with Crippen molar-refractivity contribution in [2.24, 2.45) is 0 Å². The van der Waals surface area contributed by atoms with Crippen LogP contribution in [0.25, 0.3) is 0 Å². The van der Waals surface area contributed by atoms with Crippen LogP contribution in [0.3, 0.4) is 0 Å². The van der Waals surface area contributed by atoms with Crippen molar-refractivity contribution in [2.75, 3.05) is 0 Å². The molecule has 1 unspecified atom stereocenters. The molecule has 0 aliphatic heterocycles. The van der Waals surface area contributed by atoms with Gasteiger partial charge < -0.3 is 4.74 Å². The molecule has 1 atom stereocenters. The minimum atomic E-state index is 0.0680. The molecule has 252 valence electrons. The number of rotatable bonds is 36. The number of hydrogen-bond donors (Lipinski definition) is 0. The number of carbonyl (C=O) groups is 1. The Morgan fingerprint density at radius 1 is 0.357 bits per heavy atom. The first kappa shape index (κ1) is 41.5. The fourth-order valence-electron chi connectivity index (χ4n) is 6.34. The van der Waals surface area contributed by atoms with Crippen molar-refractivity contribution in [2.45, 2.75) is 252 Å². The highest BCUT2D eigenvalue weighted by molar-refractivity contribution is 5.69. The van der Waals surface area contributed by atoms with Gasteiger partial charge in [0.1, 0.15) is 6.10 Å². The maximum atomic E-state index is 12.6. The maximum Gasteiger partial charge on any atom is 0.306 e. The topological polar surface area (TPSA) is 26.3 Å². The third kappa shape index (κ3) is 34.0. The number of unbranched alkanes of at least 4 members (excludes halogenated alkanes) is 29. The molecular formula is C40H80O2. The highest BCUT2D eigenvalue weighted by Crippen LogP contribution is 2.19. The second-order valence-corrected chi connectivity index (χ2v) is 13.7. The Labute approximate surface area is 266 Å². The van der Waals surface area contributed by atoms with Gasteiger partial charge in [-0.05, 0) is 32.1 Å². The summed E-state index contributed by atoms with van der Waals surface area (Å²) in [7, 11) is 0. The Kier molecular flexibility index (Phi) is 36.2. The largest absolute Gasteiger partial charge is 0.462 e. The monoisotopic (exact) mass is 593 g/mol. The van der Waals surface area contributed by atoms with Gasteiger partial charge in [0.15, 0.2) is 0 Å². The van der Waals surface area contributed by atoms with Crippen LogP contribution in [-0.4, -0.2) is 12.1 Å². The van der Waals surface area contributed by atoms with Gasteiger partial charge in [0.25, 0.3) is 0 Å². The number of esters is 1. The summed E-state index contributed by atoms with van der Waals surface area (Å²) in [6, 6.07) is 0. The third-order valence-corrected chi connectivity index (χ3v) is 9.29. The summed E-state index contributed by atoms with van der Waals surface area (Å²) >= 11 is 0. The Morgan fingerprint density at radius 2 is 0.595 bits per heavy atom. The zero-order valence-corrected chi connectivity index (χ0v) is 29.6. The van der Waals surface area contributed by atoms with Crippen molar-refractivity contribution in [1.29, 1.82) is 0 Å². The molecule has 0 amide bonds. The van der Waals surface area contributed by atoms with Crippen molar-refractivity contribution < 1.29 is 9.53 Å². The molecule has 2 heteroatoms. The SMILES string of the molecule is CCCCCCCCCCCCCCCCCCCCCC(=O)OC(CCCCCC)CCCCCCCCCCC. The minimum absolute atomic E-state index is 0.0680. The predicted molar refractivity (Wildman–Crippen MR) is 188 cm³/mol. The van der Waals surface area contributed by atoms with E-state index in [2.05, 4.69) is 20.8 Å². The van der Waals surface area contributed by atoms with E-state index in [0.717, 1.165) is 19.3 Å². The second kappa shape index (κ2) is 36.7. The number of ether oxygens (including phenoxy) is 1. The first-order chi connectivity index (χ1) is 20.7. The molecule has 0 aromatic carbocycles. The molecule has 42 heavy (non-hydrogen) atoms. The quantitative estimate of drug-likeness (QED) is 0.0534. The van der Waals surface area contributed by atoms with Gasteiger partial charge in [0, 0.05) is 6.42 Å². The molecule has 0 spiro atoms. The van der Waals surface area contributed by atoms with E-state index in [4.69, 9.17) is 4.74 Å². The molecule has 0 fully saturated rings. The van der Waals surface area contributed by atoms with E-state index in [1.165, 1.54) is 199 Å². The first-order valence-corrected chi connectivity index (χ1v) is 19.9. The highest BCUT2D eigenvalue weighted by atomic mass is 16.5. The molecule has 0 aliphatic carbocycles. The van der Waals surface area contributed by atoms with Crippen molar-refractivity contribution in [3.05, 3.63) is 0 Å². The van der Waals surface area contributed by atoms with Crippen molar-refractivity contribution in [1.82, 2.24) is 0 Å². The van der Waals surface area contributed by atoms with Crippen molar-refractivity contribution >= 4 is 5.97 Å². The average Bonchev–Trinajstić information content (AvgIpc) is 2.99. The molecule has 0 radical (unpaired) electrons. The fraction of sp³-hybridized carbons (Fsp3) is 0.975. The van der Waals surface area contributed by atoms with E-state index in [9.17, 15) is 4.79 Å². The molecule has 0 rings (SSSR count). The van der Waals surface area contributed by atoms with Gasteiger partial charge in [-0.3, -0.25) is 4.79 Å². The molecule has 2 nitrogen and oxygen atoms in total. The standard InChI is InChI=1S/C40H80O2/c1-4-7-10-13-15-17-18-19-20-21-22-23-24-25-26-28-30-32-35-38-40(41)42-39(36-33-12-9-6-3)37-34-31-29-27-16-14-11-8-5-2/h39H,4-38H2,1-3H3. The van der Waals surface area contributed by atoms with E-state index < -0.39 is 0 Å². The van der Waals surface area contributed by atoms with Gasteiger partial charge in [0.05, 0.1) is 0 Å². The zero-order chi connectivity index (χ0) is 30.6. The number of hydrogen-bond acceptors (Lipinski definition) is 2. The van der Waals surface area contributed by atoms with Crippen LogP contribution in [0.5, 0.6) is 0 Å². The smallest absolute Gasteiger partial charge is 0.306 e. The van der Waals surface area contributed by atoms with E-state index in [1.54, 1.807) is 0 Å². The van der Waals surface area contributed by atoms with Crippen LogP contribution >= 0.6 is 0 Å². The first-order valence-electron chi connectivity index (χ1n) is 19.9. The van der Waals surface area contributed by atoms with Crippen LogP contribution in [0, 0.1) is 0 Å². The lowest BCUT2D eigenvalue weighted by molar-refractivity contribution is -0.150. The molecule has 0 saturated heterocycles. The van der Waals surface area contributed by atoms with Crippen LogP contribution < -0.4 is 0 Å². The summed E-state index contributed by atoms with van der Waals surface area (Å²) in [6.07, 6.45) is 46.5. The van der Waals surface area contributed by atoms with Gasteiger partial charge in [-0.2, -0.15) is 0 Å². The molecule has 0 N–H and O–H groups in total. The molecule has 0 aromatic heterocycles. The number of carbonyl (C=O) groups excluding carboxylic acids is 1. The molecule has 0 aromatic rings. The van der Waals surface area contributed by atoms with Gasteiger partial charge in [-0.15, -0.1) is 0 Å². The predicted octanol–water partition coefficient (Wildman–Crippen LogP) is 14.6. The zero-order valence-electron chi connectivity index (χ0n) is 29.6. The summed E-state index contributed by atoms with van der Waals surface area (Å²) in [5.41, 5.74) is 0. The van der Waals surface area contributed by atoms with Crippen LogP contribution in [-0.2, 0) is 9.53 Å². The lowest BCUT2D eigenvalue weighted by Gasteiger charge is -2.18. The van der Waals surface area contributed by atoms with Gasteiger partial charge in [-0.25, -0.2) is 0 Å². The summed E-state index contributed by atoms with van der Waals surface area (Å²) in [5, 5.41) is 0. The lowest BCUT2D eigenvalue weighted by Crippen LogP contribution is -2.18.